The van der Waals surface area contributed by atoms with E-state index in [1.54, 1.807) is 32.0 Å². The molecule has 1 amide bonds. The van der Waals surface area contributed by atoms with E-state index in [-0.39, 0.29) is 16.9 Å². The number of rotatable bonds is 4. The third-order valence-corrected chi connectivity index (χ3v) is 4.81. The van der Waals surface area contributed by atoms with Crippen LogP contribution in [-0.4, -0.2) is 14.3 Å². The van der Waals surface area contributed by atoms with Crippen molar-refractivity contribution >= 4 is 15.9 Å². The van der Waals surface area contributed by atoms with Crippen molar-refractivity contribution in [3.63, 3.8) is 0 Å². The molecule has 2 aromatic rings. The molecule has 0 aliphatic rings. The van der Waals surface area contributed by atoms with Crippen LogP contribution in [0, 0.1) is 25.2 Å². The van der Waals surface area contributed by atoms with Crippen LogP contribution in [0.15, 0.2) is 47.4 Å². The maximum atomic E-state index is 12.4. The molecule has 6 heteroatoms. The summed E-state index contributed by atoms with van der Waals surface area (Å²) < 4.78 is 26.9. The Morgan fingerprint density at radius 1 is 1.17 bits per heavy atom. The summed E-state index contributed by atoms with van der Waals surface area (Å²) in [5, 5.41) is 8.69. The van der Waals surface area contributed by atoms with Gasteiger partial charge in [0, 0.05) is 5.56 Å². The number of carbonyl (C=O) groups excluding carboxylic acids is 1. The van der Waals surface area contributed by atoms with E-state index in [0.29, 0.717) is 11.1 Å². The third kappa shape index (κ3) is 3.96. The van der Waals surface area contributed by atoms with Gasteiger partial charge in [-0.3, -0.25) is 4.79 Å². The molecule has 0 spiro atoms. The predicted molar refractivity (Wildman–Crippen MR) is 86.3 cm³/mol. The number of amides is 1. The van der Waals surface area contributed by atoms with E-state index in [4.69, 9.17) is 5.26 Å². The summed E-state index contributed by atoms with van der Waals surface area (Å²) in [6.45, 7) is 3.46. The number of hydrogen-bond acceptors (Lipinski definition) is 4. The normalized spacial score (nSPS) is 10.8. The first-order valence-electron chi connectivity index (χ1n) is 6.94. The Labute approximate surface area is 135 Å². The third-order valence-electron chi connectivity index (χ3n) is 3.33. The Morgan fingerprint density at radius 2 is 1.91 bits per heavy atom. The topological polar surface area (TPSA) is 87.0 Å². The zero-order valence-corrected chi connectivity index (χ0v) is 13.6. The molecular weight excluding hydrogens is 312 g/mol. The molecule has 0 saturated carbocycles. The number of sulfonamides is 1. The maximum Gasteiger partial charge on any atom is 0.265 e. The SMILES string of the molecule is Cc1ccc(C)c(S(=O)(=O)NC(=O)c2cccc(CC#N)c2)c1. The molecule has 0 bridgehead atoms. The van der Waals surface area contributed by atoms with E-state index in [1.807, 2.05) is 12.1 Å². The Bertz CT molecular complexity index is 896. The minimum atomic E-state index is -3.95. The van der Waals surface area contributed by atoms with Gasteiger partial charge in [-0.1, -0.05) is 24.3 Å². The van der Waals surface area contributed by atoms with E-state index in [9.17, 15) is 13.2 Å². The van der Waals surface area contributed by atoms with Crippen LogP contribution in [-0.2, 0) is 16.4 Å². The zero-order valence-electron chi connectivity index (χ0n) is 12.8. The summed E-state index contributed by atoms with van der Waals surface area (Å²) in [5.41, 5.74) is 2.21. The number of nitriles is 1. The van der Waals surface area contributed by atoms with Crippen molar-refractivity contribution < 1.29 is 13.2 Å². The lowest BCUT2D eigenvalue weighted by molar-refractivity contribution is 0.0981. The van der Waals surface area contributed by atoms with Crippen molar-refractivity contribution in [1.82, 2.24) is 4.72 Å². The van der Waals surface area contributed by atoms with Crippen LogP contribution in [0.3, 0.4) is 0 Å². The van der Waals surface area contributed by atoms with Crippen LogP contribution in [0.4, 0.5) is 0 Å². The van der Waals surface area contributed by atoms with Gasteiger partial charge in [0.25, 0.3) is 15.9 Å². The summed E-state index contributed by atoms with van der Waals surface area (Å²) in [6.07, 6.45) is 0.158. The second-order valence-electron chi connectivity index (χ2n) is 5.24. The van der Waals surface area contributed by atoms with Crippen LogP contribution >= 0.6 is 0 Å². The van der Waals surface area contributed by atoms with Gasteiger partial charge in [0.15, 0.2) is 0 Å². The van der Waals surface area contributed by atoms with Crippen molar-refractivity contribution in [1.29, 1.82) is 5.26 Å². The Hall–Kier alpha value is -2.65. The van der Waals surface area contributed by atoms with Crippen molar-refractivity contribution in [2.45, 2.75) is 25.2 Å². The van der Waals surface area contributed by atoms with Crippen LogP contribution in [0.5, 0.6) is 0 Å². The largest absolute Gasteiger partial charge is 0.268 e. The molecule has 0 unspecified atom stereocenters. The summed E-state index contributed by atoms with van der Waals surface area (Å²) in [5.74, 6) is -0.717. The van der Waals surface area contributed by atoms with Crippen molar-refractivity contribution in [3.05, 3.63) is 64.7 Å². The van der Waals surface area contributed by atoms with Gasteiger partial charge in [0.05, 0.1) is 17.4 Å². The summed E-state index contributed by atoms with van der Waals surface area (Å²) in [4.78, 5) is 12.3. The second kappa shape index (κ2) is 6.63. The number of benzene rings is 2. The second-order valence-corrected chi connectivity index (χ2v) is 6.89. The fourth-order valence-electron chi connectivity index (χ4n) is 2.15. The maximum absolute atomic E-state index is 12.4. The molecule has 118 valence electrons. The smallest absolute Gasteiger partial charge is 0.265 e. The molecule has 0 atom stereocenters. The van der Waals surface area contributed by atoms with Crippen LogP contribution in [0.2, 0.25) is 0 Å². The summed E-state index contributed by atoms with van der Waals surface area (Å²) >= 11 is 0. The molecule has 23 heavy (non-hydrogen) atoms. The molecule has 1 N–H and O–H groups in total. The van der Waals surface area contributed by atoms with Gasteiger partial charge in [-0.25, -0.2) is 13.1 Å². The molecule has 5 nitrogen and oxygen atoms in total. The molecule has 0 heterocycles. The van der Waals surface area contributed by atoms with E-state index < -0.39 is 15.9 Å². The molecular formula is C17H16N2O3S. The fourth-order valence-corrected chi connectivity index (χ4v) is 3.45. The molecule has 0 radical (unpaired) electrons. The molecule has 0 aliphatic heterocycles. The minimum absolute atomic E-state index is 0.0824. The first-order valence-corrected chi connectivity index (χ1v) is 8.42. The van der Waals surface area contributed by atoms with Gasteiger partial charge in [-0.2, -0.15) is 5.26 Å². The highest BCUT2D eigenvalue weighted by atomic mass is 32.2. The van der Waals surface area contributed by atoms with E-state index >= 15 is 0 Å². The average molecular weight is 328 g/mol. The van der Waals surface area contributed by atoms with E-state index in [1.165, 1.54) is 18.2 Å². The highest BCUT2D eigenvalue weighted by molar-refractivity contribution is 7.90. The molecule has 0 aliphatic carbocycles. The highest BCUT2D eigenvalue weighted by Gasteiger charge is 2.21. The molecule has 0 saturated heterocycles. The van der Waals surface area contributed by atoms with E-state index in [0.717, 1.165) is 5.56 Å². The number of carbonyl (C=O) groups is 1. The van der Waals surface area contributed by atoms with Gasteiger partial charge in [0.1, 0.15) is 0 Å². The fraction of sp³-hybridized carbons (Fsp3) is 0.176. The van der Waals surface area contributed by atoms with Gasteiger partial charge >= 0.3 is 0 Å². The Kier molecular flexibility index (Phi) is 4.82. The standard InChI is InChI=1S/C17H16N2O3S/c1-12-6-7-13(2)16(10-12)23(21,22)19-17(20)15-5-3-4-14(11-15)8-9-18/h3-7,10-11H,8H2,1-2H3,(H,19,20). The van der Waals surface area contributed by atoms with Gasteiger partial charge in [-0.05, 0) is 48.7 Å². The van der Waals surface area contributed by atoms with Crippen molar-refractivity contribution in [2.24, 2.45) is 0 Å². The molecule has 2 rings (SSSR count). The quantitative estimate of drug-likeness (QED) is 0.934. The van der Waals surface area contributed by atoms with Gasteiger partial charge in [-0.15, -0.1) is 0 Å². The first-order chi connectivity index (χ1) is 10.8. The zero-order chi connectivity index (χ0) is 17.0. The van der Waals surface area contributed by atoms with Crippen LogP contribution < -0.4 is 4.72 Å². The van der Waals surface area contributed by atoms with Crippen molar-refractivity contribution in [2.75, 3.05) is 0 Å². The first kappa shape index (κ1) is 16.7. The van der Waals surface area contributed by atoms with E-state index in [2.05, 4.69) is 4.72 Å². The van der Waals surface area contributed by atoms with Crippen LogP contribution in [0.1, 0.15) is 27.0 Å². The van der Waals surface area contributed by atoms with Gasteiger partial charge < -0.3 is 0 Å². The Balaban J connectivity index is 2.30. The highest BCUT2D eigenvalue weighted by Crippen LogP contribution is 2.17. The molecule has 0 fully saturated rings. The van der Waals surface area contributed by atoms with Crippen molar-refractivity contribution in [3.8, 4) is 6.07 Å². The monoisotopic (exact) mass is 328 g/mol. The Morgan fingerprint density at radius 3 is 2.61 bits per heavy atom. The number of nitrogens with one attached hydrogen (secondary N) is 1. The molecule has 0 aromatic heterocycles. The average Bonchev–Trinajstić information content (AvgIpc) is 2.50. The van der Waals surface area contributed by atoms with Gasteiger partial charge in [0.2, 0.25) is 0 Å². The van der Waals surface area contributed by atoms with Crippen LogP contribution in [0.25, 0.3) is 0 Å². The number of aryl methyl sites for hydroxylation is 2. The number of nitrogens with zero attached hydrogens (tertiary/aromatic N) is 1. The summed E-state index contributed by atoms with van der Waals surface area (Å²) in [6, 6.07) is 13.4. The predicted octanol–water partition coefficient (Wildman–Crippen LogP) is 2.49. The summed E-state index contributed by atoms with van der Waals surface area (Å²) in [7, 11) is -3.95. The lowest BCUT2D eigenvalue weighted by atomic mass is 10.1. The lowest BCUT2D eigenvalue weighted by Crippen LogP contribution is -2.31. The lowest BCUT2D eigenvalue weighted by Gasteiger charge is -2.10. The minimum Gasteiger partial charge on any atom is -0.268 e. The molecule has 2 aromatic carbocycles. The number of hydrogen-bond donors (Lipinski definition) is 1.